The van der Waals surface area contributed by atoms with E-state index in [-0.39, 0.29) is 17.9 Å². The Hall–Kier alpha value is -1.84. The van der Waals surface area contributed by atoms with Crippen molar-refractivity contribution in [3.8, 4) is 5.75 Å². The molecule has 2 amide bonds. The normalized spacial score (nSPS) is 15.7. The van der Waals surface area contributed by atoms with Crippen LogP contribution in [0.4, 0.5) is 0 Å². The standard InChI is InChI=1S/C16H21NO3/c1-12(18)17(14-6-4-3-5-7-14)16(19)13-8-10-15(20-2)11-9-13/h8-11,14H,3-7H2,1-2H3. The molecule has 0 atom stereocenters. The third-order valence-corrected chi connectivity index (χ3v) is 3.83. The van der Waals surface area contributed by atoms with Gasteiger partial charge in [-0.1, -0.05) is 19.3 Å². The van der Waals surface area contributed by atoms with E-state index in [0.717, 1.165) is 25.7 Å². The van der Waals surface area contributed by atoms with E-state index in [1.807, 2.05) is 0 Å². The average Bonchev–Trinajstić information content (AvgIpc) is 2.48. The predicted octanol–water partition coefficient (Wildman–Crippen LogP) is 3.02. The van der Waals surface area contributed by atoms with Crippen LogP contribution < -0.4 is 4.74 Å². The molecule has 2 rings (SSSR count). The van der Waals surface area contributed by atoms with Gasteiger partial charge < -0.3 is 4.74 Å². The minimum atomic E-state index is -0.202. The maximum Gasteiger partial charge on any atom is 0.260 e. The number of methoxy groups -OCH3 is 1. The topological polar surface area (TPSA) is 46.6 Å². The molecule has 0 radical (unpaired) electrons. The molecule has 0 unspecified atom stereocenters. The molecule has 0 aromatic heterocycles. The highest BCUT2D eigenvalue weighted by atomic mass is 16.5. The molecular formula is C16H21NO3. The van der Waals surface area contributed by atoms with Gasteiger partial charge in [0.25, 0.3) is 5.91 Å². The summed E-state index contributed by atoms with van der Waals surface area (Å²) in [6.07, 6.45) is 5.20. The van der Waals surface area contributed by atoms with Crippen LogP contribution >= 0.6 is 0 Å². The average molecular weight is 275 g/mol. The third-order valence-electron chi connectivity index (χ3n) is 3.83. The summed E-state index contributed by atoms with van der Waals surface area (Å²) >= 11 is 0. The van der Waals surface area contributed by atoms with Crippen LogP contribution in [0.15, 0.2) is 24.3 Å². The van der Waals surface area contributed by atoms with Gasteiger partial charge in [0.1, 0.15) is 5.75 Å². The van der Waals surface area contributed by atoms with Crippen molar-refractivity contribution in [3.05, 3.63) is 29.8 Å². The fraction of sp³-hybridized carbons (Fsp3) is 0.500. The molecule has 1 aromatic carbocycles. The SMILES string of the molecule is COc1ccc(C(=O)N(C(C)=O)C2CCCCC2)cc1. The van der Waals surface area contributed by atoms with Gasteiger partial charge in [-0.05, 0) is 37.1 Å². The zero-order valence-electron chi connectivity index (χ0n) is 12.1. The molecule has 1 fully saturated rings. The van der Waals surface area contributed by atoms with Crippen molar-refractivity contribution in [2.75, 3.05) is 7.11 Å². The first-order valence-electron chi connectivity index (χ1n) is 7.11. The Morgan fingerprint density at radius 1 is 1.10 bits per heavy atom. The maximum absolute atomic E-state index is 12.5. The number of amides is 2. The summed E-state index contributed by atoms with van der Waals surface area (Å²) in [5.74, 6) is 0.332. The molecule has 0 spiro atoms. The predicted molar refractivity (Wildman–Crippen MR) is 76.7 cm³/mol. The lowest BCUT2D eigenvalue weighted by atomic mass is 9.93. The van der Waals surface area contributed by atoms with Crippen LogP contribution in [0, 0.1) is 0 Å². The highest BCUT2D eigenvalue weighted by Gasteiger charge is 2.29. The lowest BCUT2D eigenvalue weighted by Crippen LogP contribution is -2.44. The molecule has 4 nitrogen and oxygen atoms in total. The van der Waals surface area contributed by atoms with Gasteiger partial charge in [0.15, 0.2) is 0 Å². The van der Waals surface area contributed by atoms with Gasteiger partial charge in [0.2, 0.25) is 5.91 Å². The fourth-order valence-electron chi connectivity index (χ4n) is 2.78. The van der Waals surface area contributed by atoms with Crippen LogP contribution in [0.25, 0.3) is 0 Å². The van der Waals surface area contributed by atoms with Crippen molar-refractivity contribution < 1.29 is 14.3 Å². The molecule has 1 aromatic rings. The van der Waals surface area contributed by atoms with E-state index in [4.69, 9.17) is 4.74 Å². The molecule has 0 heterocycles. The first-order valence-corrected chi connectivity index (χ1v) is 7.11. The molecule has 0 N–H and O–H groups in total. The van der Waals surface area contributed by atoms with E-state index in [1.54, 1.807) is 31.4 Å². The number of imide groups is 1. The number of rotatable bonds is 3. The van der Waals surface area contributed by atoms with Gasteiger partial charge in [0, 0.05) is 18.5 Å². The van der Waals surface area contributed by atoms with Crippen molar-refractivity contribution in [2.45, 2.75) is 45.1 Å². The van der Waals surface area contributed by atoms with Crippen LogP contribution in [0.2, 0.25) is 0 Å². The summed E-state index contributed by atoms with van der Waals surface area (Å²) < 4.78 is 5.08. The Kier molecular flexibility index (Phi) is 4.77. The van der Waals surface area contributed by atoms with E-state index in [9.17, 15) is 9.59 Å². The second kappa shape index (κ2) is 6.55. The smallest absolute Gasteiger partial charge is 0.260 e. The Morgan fingerprint density at radius 2 is 1.70 bits per heavy atom. The van der Waals surface area contributed by atoms with Crippen LogP contribution in [-0.4, -0.2) is 29.9 Å². The number of carbonyl (C=O) groups excluding carboxylic acids is 2. The number of carbonyl (C=O) groups is 2. The molecule has 4 heteroatoms. The summed E-state index contributed by atoms with van der Waals surface area (Å²) in [7, 11) is 1.58. The second-order valence-electron chi connectivity index (χ2n) is 5.21. The summed E-state index contributed by atoms with van der Waals surface area (Å²) in [5.41, 5.74) is 0.534. The Balaban J connectivity index is 2.19. The lowest BCUT2D eigenvalue weighted by molar-refractivity contribution is -0.128. The van der Waals surface area contributed by atoms with Crippen LogP contribution in [0.5, 0.6) is 5.75 Å². The van der Waals surface area contributed by atoms with Gasteiger partial charge >= 0.3 is 0 Å². The number of benzene rings is 1. The van der Waals surface area contributed by atoms with Gasteiger partial charge in [-0.2, -0.15) is 0 Å². The van der Waals surface area contributed by atoms with Gasteiger partial charge in [-0.3, -0.25) is 14.5 Å². The highest BCUT2D eigenvalue weighted by Crippen LogP contribution is 2.24. The van der Waals surface area contributed by atoms with Gasteiger partial charge in [-0.25, -0.2) is 0 Å². The fourth-order valence-corrected chi connectivity index (χ4v) is 2.78. The summed E-state index contributed by atoms with van der Waals surface area (Å²) in [4.78, 5) is 25.8. The number of ether oxygens (including phenoxy) is 1. The summed E-state index contributed by atoms with van der Waals surface area (Å²) in [6.45, 7) is 1.47. The van der Waals surface area contributed by atoms with Crippen molar-refractivity contribution >= 4 is 11.8 Å². The zero-order valence-corrected chi connectivity index (χ0v) is 12.1. The maximum atomic E-state index is 12.5. The quantitative estimate of drug-likeness (QED) is 0.852. The highest BCUT2D eigenvalue weighted by molar-refractivity contribution is 6.04. The molecule has 0 bridgehead atoms. The summed E-state index contributed by atoms with van der Waals surface area (Å²) in [6, 6.07) is 6.95. The molecule has 1 aliphatic carbocycles. The minimum Gasteiger partial charge on any atom is -0.497 e. The first-order chi connectivity index (χ1) is 9.63. The molecule has 1 saturated carbocycles. The lowest BCUT2D eigenvalue weighted by Gasteiger charge is -2.32. The van der Waals surface area contributed by atoms with Crippen molar-refractivity contribution in [3.63, 3.8) is 0 Å². The molecule has 1 aliphatic rings. The van der Waals surface area contributed by atoms with E-state index >= 15 is 0 Å². The van der Waals surface area contributed by atoms with Crippen LogP contribution in [-0.2, 0) is 4.79 Å². The van der Waals surface area contributed by atoms with Crippen LogP contribution in [0.3, 0.4) is 0 Å². The number of hydrogen-bond donors (Lipinski definition) is 0. The Bertz CT molecular complexity index is 475. The first kappa shape index (κ1) is 14.6. The molecule has 20 heavy (non-hydrogen) atoms. The van der Waals surface area contributed by atoms with Gasteiger partial charge in [0.05, 0.1) is 7.11 Å². The monoisotopic (exact) mass is 275 g/mol. The third kappa shape index (κ3) is 3.18. The van der Waals surface area contributed by atoms with E-state index in [2.05, 4.69) is 0 Å². The molecular weight excluding hydrogens is 254 g/mol. The van der Waals surface area contributed by atoms with Crippen molar-refractivity contribution in [1.29, 1.82) is 0 Å². The largest absolute Gasteiger partial charge is 0.497 e. The minimum absolute atomic E-state index is 0.0517. The zero-order chi connectivity index (χ0) is 14.5. The molecule has 0 saturated heterocycles. The second-order valence-corrected chi connectivity index (χ2v) is 5.21. The van der Waals surface area contributed by atoms with Crippen molar-refractivity contribution in [2.24, 2.45) is 0 Å². The van der Waals surface area contributed by atoms with E-state index < -0.39 is 0 Å². The van der Waals surface area contributed by atoms with E-state index in [1.165, 1.54) is 18.2 Å². The van der Waals surface area contributed by atoms with E-state index in [0.29, 0.717) is 11.3 Å². The Labute approximate surface area is 119 Å². The van der Waals surface area contributed by atoms with Crippen LogP contribution in [0.1, 0.15) is 49.4 Å². The van der Waals surface area contributed by atoms with Gasteiger partial charge in [-0.15, -0.1) is 0 Å². The Morgan fingerprint density at radius 3 is 2.20 bits per heavy atom. The molecule has 0 aliphatic heterocycles. The number of nitrogens with zero attached hydrogens (tertiary/aromatic N) is 1. The number of hydrogen-bond acceptors (Lipinski definition) is 3. The van der Waals surface area contributed by atoms with Crippen molar-refractivity contribution in [1.82, 2.24) is 4.90 Å². The summed E-state index contributed by atoms with van der Waals surface area (Å²) in [5, 5.41) is 0. The molecule has 108 valence electrons.